The molecular formula is C6H11NO2. The molecular weight excluding hydrogens is 118 g/mol. The van der Waals surface area contributed by atoms with E-state index < -0.39 is 0 Å². The lowest BCUT2D eigenvalue weighted by Crippen LogP contribution is -2.27. The summed E-state index contributed by atoms with van der Waals surface area (Å²) in [6, 6.07) is 0. The van der Waals surface area contributed by atoms with E-state index in [0.29, 0.717) is 0 Å². The minimum Gasteiger partial charge on any atom is -0.272 e. The summed E-state index contributed by atoms with van der Waals surface area (Å²) in [6.45, 7) is 5.62. The first-order valence-electron chi connectivity index (χ1n) is 3.02. The fourth-order valence-corrected chi connectivity index (χ4v) is 0.674. The molecule has 1 N–H and O–H groups in total. The highest BCUT2D eigenvalue weighted by Crippen LogP contribution is 2.24. The van der Waals surface area contributed by atoms with E-state index in [9.17, 15) is 4.79 Å². The van der Waals surface area contributed by atoms with Gasteiger partial charge in [-0.1, -0.05) is 6.92 Å². The van der Waals surface area contributed by atoms with E-state index in [-0.39, 0.29) is 17.4 Å². The Morgan fingerprint density at radius 1 is 1.67 bits per heavy atom. The maximum absolute atomic E-state index is 10.8. The third-order valence-electron chi connectivity index (χ3n) is 1.85. The van der Waals surface area contributed by atoms with Crippen molar-refractivity contribution in [1.29, 1.82) is 0 Å². The van der Waals surface area contributed by atoms with Gasteiger partial charge in [0.25, 0.3) is 0 Å². The summed E-state index contributed by atoms with van der Waals surface area (Å²) in [6.07, 6.45) is 0. The minimum absolute atomic E-state index is 0.0278. The van der Waals surface area contributed by atoms with Crippen LogP contribution < -0.4 is 5.48 Å². The Morgan fingerprint density at radius 2 is 2.22 bits per heavy atom. The first-order valence-corrected chi connectivity index (χ1v) is 3.02. The lowest BCUT2D eigenvalue weighted by atomic mass is 9.94. The zero-order valence-corrected chi connectivity index (χ0v) is 5.89. The molecule has 1 aliphatic rings. The van der Waals surface area contributed by atoms with Crippen molar-refractivity contribution in [3.05, 3.63) is 0 Å². The Kier molecular flexibility index (Phi) is 1.24. The quantitative estimate of drug-likeness (QED) is 0.516. The van der Waals surface area contributed by atoms with E-state index in [1.54, 1.807) is 0 Å². The van der Waals surface area contributed by atoms with Crippen LogP contribution >= 0.6 is 0 Å². The van der Waals surface area contributed by atoms with Crippen LogP contribution in [0.15, 0.2) is 0 Å². The first kappa shape index (κ1) is 6.55. The summed E-state index contributed by atoms with van der Waals surface area (Å²) >= 11 is 0. The van der Waals surface area contributed by atoms with Gasteiger partial charge in [0, 0.05) is 0 Å². The summed E-state index contributed by atoms with van der Waals surface area (Å²) in [5.41, 5.74) is 1.98. The minimum atomic E-state index is -0.336. The van der Waals surface area contributed by atoms with Crippen LogP contribution in [-0.2, 0) is 9.63 Å². The van der Waals surface area contributed by atoms with Crippen LogP contribution in [0.25, 0.3) is 0 Å². The second kappa shape index (κ2) is 1.70. The summed E-state index contributed by atoms with van der Waals surface area (Å²) in [7, 11) is 0. The van der Waals surface area contributed by atoms with Gasteiger partial charge in [-0.05, 0) is 13.8 Å². The van der Waals surface area contributed by atoms with Gasteiger partial charge in [-0.15, -0.1) is 0 Å². The van der Waals surface area contributed by atoms with Gasteiger partial charge in [-0.25, -0.2) is 5.48 Å². The number of hydroxylamine groups is 1. The number of nitrogens with one attached hydrogen (secondary N) is 1. The fraction of sp³-hybridized carbons (Fsp3) is 0.833. The zero-order chi connectivity index (χ0) is 7.07. The third kappa shape index (κ3) is 0.920. The van der Waals surface area contributed by atoms with E-state index in [1.165, 1.54) is 0 Å². The molecule has 1 unspecified atom stereocenters. The fourth-order valence-electron chi connectivity index (χ4n) is 0.674. The number of carbonyl (C=O) groups is 1. The molecule has 3 heteroatoms. The number of hydrogen-bond acceptors (Lipinski definition) is 2. The van der Waals surface area contributed by atoms with Crippen molar-refractivity contribution in [2.45, 2.75) is 26.4 Å². The van der Waals surface area contributed by atoms with Gasteiger partial charge < -0.3 is 0 Å². The topological polar surface area (TPSA) is 38.3 Å². The van der Waals surface area contributed by atoms with Crippen LogP contribution in [0.5, 0.6) is 0 Å². The number of hydrogen-bond donors (Lipinski definition) is 1. The Hall–Kier alpha value is -0.570. The standard InChI is InChI=1S/C6H11NO2/c1-4-5(8)7-9-6(4,2)3/h4H,1-3H3,(H,7,8). The molecule has 3 nitrogen and oxygen atoms in total. The number of carbonyl (C=O) groups excluding carboxylic acids is 1. The smallest absolute Gasteiger partial charge is 0.249 e. The third-order valence-corrected chi connectivity index (χ3v) is 1.85. The van der Waals surface area contributed by atoms with Gasteiger partial charge in [-0.3, -0.25) is 9.63 Å². The molecule has 1 amide bonds. The van der Waals surface area contributed by atoms with E-state index >= 15 is 0 Å². The lowest BCUT2D eigenvalue weighted by Gasteiger charge is -2.17. The monoisotopic (exact) mass is 129 g/mol. The Labute approximate surface area is 54.3 Å². The molecule has 9 heavy (non-hydrogen) atoms. The molecule has 0 spiro atoms. The van der Waals surface area contributed by atoms with Crippen molar-refractivity contribution in [1.82, 2.24) is 5.48 Å². The Morgan fingerprint density at radius 3 is 2.33 bits per heavy atom. The van der Waals surface area contributed by atoms with E-state index in [0.717, 1.165) is 0 Å². The average Bonchev–Trinajstić information content (AvgIpc) is 1.97. The predicted octanol–water partition coefficient (Wildman–Crippen LogP) is 0.463. The van der Waals surface area contributed by atoms with Crippen LogP contribution in [0.3, 0.4) is 0 Å². The molecule has 1 fully saturated rings. The highest BCUT2D eigenvalue weighted by Gasteiger charge is 2.39. The summed E-state index contributed by atoms with van der Waals surface area (Å²) in [5, 5.41) is 0. The molecule has 1 aliphatic heterocycles. The van der Waals surface area contributed by atoms with Crippen LogP contribution in [0.1, 0.15) is 20.8 Å². The summed E-state index contributed by atoms with van der Waals surface area (Å²) in [5.74, 6) is -0.0718. The SMILES string of the molecule is CC1C(=O)NOC1(C)C. The van der Waals surface area contributed by atoms with E-state index in [4.69, 9.17) is 4.84 Å². The van der Waals surface area contributed by atoms with Crippen molar-refractivity contribution in [2.24, 2.45) is 5.92 Å². The Bertz CT molecular complexity index is 142. The van der Waals surface area contributed by atoms with Crippen molar-refractivity contribution < 1.29 is 9.63 Å². The van der Waals surface area contributed by atoms with Gasteiger partial charge in [-0.2, -0.15) is 0 Å². The van der Waals surface area contributed by atoms with Crippen LogP contribution in [0.4, 0.5) is 0 Å². The van der Waals surface area contributed by atoms with Crippen LogP contribution in [0, 0.1) is 5.92 Å². The Balaban J connectivity index is 2.73. The molecule has 1 saturated heterocycles. The van der Waals surface area contributed by atoms with Crippen molar-refractivity contribution >= 4 is 5.91 Å². The molecule has 0 saturated carbocycles. The maximum Gasteiger partial charge on any atom is 0.249 e. The molecule has 0 bridgehead atoms. The van der Waals surface area contributed by atoms with Gasteiger partial charge in [0.2, 0.25) is 5.91 Å². The zero-order valence-electron chi connectivity index (χ0n) is 5.89. The largest absolute Gasteiger partial charge is 0.272 e. The van der Waals surface area contributed by atoms with Crippen LogP contribution in [0.2, 0.25) is 0 Å². The van der Waals surface area contributed by atoms with Crippen molar-refractivity contribution in [3.63, 3.8) is 0 Å². The van der Waals surface area contributed by atoms with Crippen molar-refractivity contribution in [3.8, 4) is 0 Å². The molecule has 1 rings (SSSR count). The number of amides is 1. The molecule has 1 heterocycles. The predicted molar refractivity (Wildman–Crippen MR) is 32.5 cm³/mol. The molecule has 52 valence electrons. The van der Waals surface area contributed by atoms with Gasteiger partial charge in [0.15, 0.2) is 0 Å². The summed E-state index contributed by atoms with van der Waals surface area (Å²) in [4.78, 5) is 15.7. The molecule has 0 aliphatic carbocycles. The first-order chi connectivity index (χ1) is 4.04. The van der Waals surface area contributed by atoms with Gasteiger partial charge >= 0.3 is 0 Å². The highest BCUT2D eigenvalue weighted by molar-refractivity contribution is 5.80. The average molecular weight is 129 g/mol. The number of rotatable bonds is 0. The molecule has 0 aromatic heterocycles. The van der Waals surface area contributed by atoms with E-state index in [2.05, 4.69) is 5.48 Å². The lowest BCUT2D eigenvalue weighted by molar-refractivity contribution is -0.126. The maximum atomic E-state index is 10.8. The second-order valence-electron chi connectivity index (χ2n) is 2.89. The van der Waals surface area contributed by atoms with Gasteiger partial charge in [0.1, 0.15) is 5.60 Å². The molecule has 0 aromatic carbocycles. The molecule has 0 aromatic rings. The van der Waals surface area contributed by atoms with Crippen LogP contribution in [-0.4, -0.2) is 11.5 Å². The molecule has 0 radical (unpaired) electrons. The second-order valence-corrected chi connectivity index (χ2v) is 2.89. The normalized spacial score (nSPS) is 32.3. The van der Waals surface area contributed by atoms with Crippen molar-refractivity contribution in [2.75, 3.05) is 0 Å². The van der Waals surface area contributed by atoms with Gasteiger partial charge in [0.05, 0.1) is 5.92 Å². The summed E-state index contributed by atoms with van der Waals surface area (Å²) < 4.78 is 0. The van der Waals surface area contributed by atoms with E-state index in [1.807, 2.05) is 20.8 Å². The molecule has 1 atom stereocenters. The highest BCUT2D eigenvalue weighted by atomic mass is 16.7.